The van der Waals surface area contributed by atoms with Crippen molar-refractivity contribution < 1.29 is 4.79 Å². The van der Waals surface area contributed by atoms with Gasteiger partial charge in [0.15, 0.2) is 0 Å². The maximum atomic E-state index is 11.0. The molecule has 2 unspecified atom stereocenters. The molecule has 2 atom stereocenters. The molecule has 0 aromatic carbocycles. The number of Topliss-reactive ketones (excluding diaryl/α,β-unsaturated/α-hetero) is 1. The summed E-state index contributed by atoms with van der Waals surface area (Å²) in [6, 6.07) is 0.543. The van der Waals surface area contributed by atoms with Gasteiger partial charge in [0.2, 0.25) is 0 Å². The van der Waals surface area contributed by atoms with E-state index in [1.807, 2.05) is 0 Å². The van der Waals surface area contributed by atoms with E-state index in [4.69, 9.17) is 0 Å². The quantitative estimate of drug-likeness (QED) is 0.598. The number of rotatable bonds is 0. The van der Waals surface area contributed by atoms with Crippen molar-refractivity contribution in [2.45, 2.75) is 31.7 Å². The summed E-state index contributed by atoms with van der Waals surface area (Å²) in [7, 11) is 0. The Labute approximate surface area is 73.1 Å². The highest BCUT2D eigenvalue weighted by Gasteiger charge is 2.32. The third kappa shape index (κ3) is 1.74. The van der Waals surface area contributed by atoms with Crippen molar-refractivity contribution in [3.63, 3.8) is 0 Å². The van der Waals surface area contributed by atoms with E-state index in [1.165, 1.54) is 6.42 Å². The molecule has 11 heavy (non-hydrogen) atoms. The number of hydrogen-bond donors (Lipinski definition) is 1. The van der Waals surface area contributed by atoms with Crippen molar-refractivity contribution in [2.75, 3.05) is 6.54 Å². The van der Waals surface area contributed by atoms with Crippen LogP contribution in [0.25, 0.3) is 0 Å². The van der Waals surface area contributed by atoms with Crippen LogP contribution in [0.1, 0.15) is 25.7 Å². The molecular weight excluding hydrogens is 162 g/mol. The molecular formula is C8H14ClNO. The van der Waals surface area contributed by atoms with Gasteiger partial charge in [0.25, 0.3) is 0 Å². The molecule has 64 valence electrons. The number of hydrogen-bond acceptors (Lipinski definition) is 2. The molecule has 1 aliphatic carbocycles. The first-order valence-electron chi connectivity index (χ1n) is 4.11. The predicted molar refractivity (Wildman–Crippen MR) is 46.0 cm³/mol. The second kappa shape index (κ2) is 3.55. The SMILES string of the molecule is Cl.O=C1CCC2CCNC2C1. The van der Waals surface area contributed by atoms with E-state index in [0.29, 0.717) is 11.8 Å². The van der Waals surface area contributed by atoms with Crippen LogP contribution in [0.15, 0.2) is 0 Å². The normalized spacial score (nSPS) is 36.2. The molecule has 2 fully saturated rings. The van der Waals surface area contributed by atoms with Crippen LogP contribution in [0, 0.1) is 5.92 Å². The van der Waals surface area contributed by atoms with Crippen molar-refractivity contribution in [3.05, 3.63) is 0 Å². The van der Waals surface area contributed by atoms with Gasteiger partial charge in [0.05, 0.1) is 0 Å². The summed E-state index contributed by atoms with van der Waals surface area (Å²) in [5.41, 5.74) is 0. The molecule has 2 nitrogen and oxygen atoms in total. The van der Waals surface area contributed by atoms with Gasteiger partial charge >= 0.3 is 0 Å². The lowest BCUT2D eigenvalue weighted by Crippen LogP contribution is -2.33. The largest absolute Gasteiger partial charge is 0.313 e. The molecule has 0 radical (unpaired) electrons. The molecule has 0 amide bonds. The van der Waals surface area contributed by atoms with Gasteiger partial charge in [-0.15, -0.1) is 12.4 Å². The maximum Gasteiger partial charge on any atom is 0.134 e. The maximum absolute atomic E-state index is 11.0. The Bertz CT molecular complexity index is 160. The Morgan fingerprint density at radius 1 is 1.36 bits per heavy atom. The molecule has 1 saturated carbocycles. The van der Waals surface area contributed by atoms with Gasteiger partial charge in [-0.3, -0.25) is 4.79 Å². The van der Waals surface area contributed by atoms with Crippen molar-refractivity contribution in [1.29, 1.82) is 0 Å². The lowest BCUT2D eigenvalue weighted by molar-refractivity contribution is -0.121. The zero-order chi connectivity index (χ0) is 6.97. The predicted octanol–water partition coefficient (Wildman–Crippen LogP) is 1.14. The van der Waals surface area contributed by atoms with Gasteiger partial charge < -0.3 is 5.32 Å². The minimum Gasteiger partial charge on any atom is -0.313 e. The molecule has 1 saturated heterocycles. The highest BCUT2D eigenvalue weighted by Crippen LogP contribution is 2.28. The van der Waals surface area contributed by atoms with E-state index in [1.54, 1.807) is 0 Å². The summed E-state index contributed by atoms with van der Waals surface area (Å²) < 4.78 is 0. The third-order valence-corrected chi connectivity index (χ3v) is 2.73. The summed E-state index contributed by atoms with van der Waals surface area (Å²) in [5, 5.41) is 3.37. The van der Waals surface area contributed by atoms with Crippen LogP contribution in [-0.4, -0.2) is 18.4 Å². The zero-order valence-electron chi connectivity index (χ0n) is 6.51. The summed E-state index contributed by atoms with van der Waals surface area (Å²) in [6.07, 6.45) is 4.06. The van der Waals surface area contributed by atoms with Crippen LogP contribution in [0.5, 0.6) is 0 Å². The fourth-order valence-corrected chi connectivity index (χ4v) is 2.10. The van der Waals surface area contributed by atoms with E-state index < -0.39 is 0 Å². The van der Waals surface area contributed by atoms with Crippen molar-refractivity contribution in [2.24, 2.45) is 5.92 Å². The highest BCUT2D eigenvalue weighted by molar-refractivity contribution is 5.85. The molecule has 0 bridgehead atoms. The molecule has 0 aromatic rings. The first-order chi connectivity index (χ1) is 4.86. The molecule has 3 heteroatoms. The monoisotopic (exact) mass is 175 g/mol. The van der Waals surface area contributed by atoms with Gasteiger partial charge in [-0.05, 0) is 25.3 Å². The standard InChI is InChI=1S/C8H13NO.ClH/c10-7-2-1-6-3-4-9-8(6)5-7;/h6,8-9H,1-5H2;1H. The lowest BCUT2D eigenvalue weighted by Gasteiger charge is -2.23. The molecule has 1 aliphatic heterocycles. The third-order valence-electron chi connectivity index (χ3n) is 2.73. The minimum atomic E-state index is 0. The van der Waals surface area contributed by atoms with Crippen molar-refractivity contribution in [3.8, 4) is 0 Å². The first kappa shape index (κ1) is 9.01. The van der Waals surface area contributed by atoms with Crippen LogP contribution in [0.2, 0.25) is 0 Å². The Morgan fingerprint density at radius 2 is 2.18 bits per heavy atom. The fourth-order valence-electron chi connectivity index (χ4n) is 2.10. The first-order valence-corrected chi connectivity index (χ1v) is 4.11. The average molecular weight is 176 g/mol. The van der Waals surface area contributed by atoms with E-state index in [0.717, 1.165) is 31.7 Å². The molecule has 1 heterocycles. The van der Waals surface area contributed by atoms with Gasteiger partial charge in [0.1, 0.15) is 5.78 Å². The second-order valence-electron chi connectivity index (χ2n) is 3.39. The van der Waals surface area contributed by atoms with Gasteiger partial charge in [-0.2, -0.15) is 0 Å². The number of fused-ring (bicyclic) bond motifs is 1. The van der Waals surface area contributed by atoms with Crippen LogP contribution < -0.4 is 5.32 Å². The molecule has 0 aromatic heterocycles. The Balaban J connectivity index is 0.000000605. The van der Waals surface area contributed by atoms with E-state index in [2.05, 4.69) is 5.32 Å². The molecule has 0 spiro atoms. The number of halogens is 1. The van der Waals surface area contributed by atoms with Gasteiger partial charge in [0, 0.05) is 18.9 Å². The zero-order valence-corrected chi connectivity index (χ0v) is 7.32. The van der Waals surface area contributed by atoms with Crippen molar-refractivity contribution in [1.82, 2.24) is 5.32 Å². The topological polar surface area (TPSA) is 29.1 Å². The Kier molecular flexibility index (Phi) is 2.90. The molecule has 2 rings (SSSR count). The lowest BCUT2D eigenvalue weighted by atomic mass is 9.85. The Morgan fingerprint density at radius 3 is 3.00 bits per heavy atom. The van der Waals surface area contributed by atoms with Crippen LogP contribution in [0.4, 0.5) is 0 Å². The second-order valence-corrected chi connectivity index (χ2v) is 3.39. The van der Waals surface area contributed by atoms with Crippen LogP contribution in [-0.2, 0) is 4.79 Å². The van der Waals surface area contributed by atoms with Crippen LogP contribution >= 0.6 is 12.4 Å². The average Bonchev–Trinajstić information content (AvgIpc) is 2.33. The van der Waals surface area contributed by atoms with E-state index in [9.17, 15) is 4.79 Å². The fraction of sp³-hybridized carbons (Fsp3) is 0.875. The summed E-state index contributed by atoms with van der Waals surface area (Å²) in [6.45, 7) is 1.13. The Hall–Kier alpha value is -0.0800. The van der Waals surface area contributed by atoms with E-state index >= 15 is 0 Å². The number of carbonyl (C=O) groups is 1. The van der Waals surface area contributed by atoms with Crippen LogP contribution in [0.3, 0.4) is 0 Å². The van der Waals surface area contributed by atoms with Gasteiger partial charge in [-0.1, -0.05) is 0 Å². The molecule has 2 aliphatic rings. The summed E-state index contributed by atoms with van der Waals surface area (Å²) in [5.74, 6) is 1.27. The number of nitrogens with one attached hydrogen (secondary N) is 1. The minimum absolute atomic E-state index is 0. The summed E-state index contributed by atoms with van der Waals surface area (Å²) >= 11 is 0. The van der Waals surface area contributed by atoms with Gasteiger partial charge in [-0.25, -0.2) is 0 Å². The molecule has 1 N–H and O–H groups in total. The highest BCUT2D eigenvalue weighted by atomic mass is 35.5. The van der Waals surface area contributed by atoms with Crippen molar-refractivity contribution >= 4 is 18.2 Å². The van der Waals surface area contributed by atoms with E-state index in [-0.39, 0.29) is 12.4 Å². The number of ketones is 1. The number of carbonyl (C=O) groups excluding carboxylic acids is 1. The summed E-state index contributed by atoms with van der Waals surface area (Å²) in [4.78, 5) is 11.0. The smallest absolute Gasteiger partial charge is 0.134 e.